The minimum atomic E-state index is -4.84. The molecular formula is C8H7F3O2S. The Morgan fingerprint density at radius 2 is 1.93 bits per heavy atom. The standard InChI is InChI=1S/C8H7F3O2S/c1-5-2-3-7(6(12)4-5)14(13)8(9,10)11/h2-4,12H,1H3. The maximum atomic E-state index is 12.0. The number of phenols is 1. The molecule has 14 heavy (non-hydrogen) atoms. The largest absolute Gasteiger partial charge is 0.507 e. The predicted molar refractivity (Wildman–Crippen MR) is 45.3 cm³/mol. The minimum Gasteiger partial charge on any atom is -0.507 e. The Morgan fingerprint density at radius 3 is 2.36 bits per heavy atom. The molecule has 0 bridgehead atoms. The first-order chi connectivity index (χ1) is 6.32. The molecule has 0 aliphatic rings. The Bertz CT molecular complexity index is 373. The van der Waals surface area contributed by atoms with E-state index in [0.29, 0.717) is 5.56 Å². The Balaban J connectivity index is 3.15. The van der Waals surface area contributed by atoms with Crippen LogP contribution in [0.15, 0.2) is 23.1 Å². The molecular weight excluding hydrogens is 217 g/mol. The summed E-state index contributed by atoms with van der Waals surface area (Å²) in [7, 11) is -3.17. The molecule has 1 rings (SSSR count). The summed E-state index contributed by atoms with van der Waals surface area (Å²) in [6.45, 7) is 1.61. The molecule has 78 valence electrons. The van der Waals surface area contributed by atoms with Crippen LogP contribution >= 0.6 is 0 Å². The van der Waals surface area contributed by atoms with E-state index in [0.717, 1.165) is 12.1 Å². The van der Waals surface area contributed by atoms with Gasteiger partial charge in [-0.1, -0.05) is 6.07 Å². The second-order valence-electron chi connectivity index (χ2n) is 2.69. The summed E-state index contributed by atoms with van der Waals surface area (Å²) in [5, 5.41) is 9.13. The van der Waals surface area contributed by atoms with Gasteiger partial charge in [-0.15, -0.1) is 0 Å². The predicted octanol–water partition coefficient (Wildman–Crippen LogP) is 2.33. The van der Waals surface area contributed by atoms with Crippen LogP contribution in [-0.4, -0.2) is 14.8 Å². The zero-order valence-corrected chi connectivity index (χ0v) is 7.95. The third kappa shape index (κ3) is 2.25. The molecule has 1 atom stereocenters. The molecule has 0 fully saturated rings. The van der Waals surface area contributed by atoms with Crippen LogP contribution in [0.3, 0.4) is 0 Å². The number of aryl methyl sites for hydroxylation is 1. The maximum absolute atomic E-state index is 12.0. The first-order valence-electron chi connectivity index (χ1n) is 3.60. The molecule has 1 aromatic rings. The first-order valence-corrected chi connectivity index (χ1v) is 4.75. The van der Waals surface area contributed by atoms with Crippen molar-refractivity contribution >= 4 is 10.8 Å². The summed E-state index contributed by atoms with van der Waals surface area (Å²) in [6.07, 6.45) is 0. The molecule has 0 aromatic heterocycles. The monoisotopic (exact) mass is 224 g/mol. The Kier molecular flexibility index (Phi) is 2.84. The molecule has 6 heteroatoms. The van der Waals surface area contributed by atoms with Crippen LogP contribution in [0.25, 0.3) is 0 Å². The summed E-state index contributed by atoms with van der Waals surface area (Å²) in [5.74, 6) is -0.597. The number of hydrogen-bond donors (Lipinski definition) is 1. The molecule has 0 saturated heterocycles. The highest BCUT2D eigenvalue weighted by Gasteiger charge is 2.39. The van der Waals surface area contributed by atoms with E-state index in [1.54, 1.807) is 6.92 Å². The summed E-state index contributed by atoms with van der Waals surface area (Å²) in [4.78, 5) is -0.608. The summed E-state index contributed by atoms with van der Waals surface area (Å²) >= 11 is 0. The van der Waals surface area contributed by atoms with E-state index < -0.39 is 27.0 Å². The van der Waals surface area contributed by atoms with Gasteiger partial charge in [-0.2, -0.15) is 13.2 Å². The van der Waals surface area contributed by atoms with Gasteiger partial charge in [0.15, 0.2) is 10.8 Å². The normalized spacial score (nSPS) is 14.0. The molecule has 0 radical (unpaired) electrons. The minimum absolute atomic E-state index is 0.597. The average molecular weight is 224 g/mol. The van der Waals surface area contributed by atoms with Gasteiger partial charge >= 0.3 is 5.51 Å². The van der Waals surface area contributed by atoms with Gasteiger partial charge in [-0.3, -0.25) is 0 Å². The molecule has 1 unspecified atom stereocenters. The Labute approximate surface area is 80.8 Å². The van der Waals surface area contributed by atoms with Crippen molar-refractivity contribution in [2.24, 2.45) is 0 Å². The van der Waals surface area contributed by atoms with Crippen molar-refractivity contribution in [3.8, 4) is 5.75 Å². The van der Waals surface area contributed by atoms with E-state index in [4.69, 9.17) is 5.11 Å². The molecule has 0 aliphatic heterocycles. The zero-order valence-electron chi connectivity index (χ0n) is 7.13. The van der Waals surface area contributed by atoms with Crippen molar-refractivity contribution in [2.75, 3.05) is 0 Å². The summed E-state index contributed by atoms with van der Waals surface area (Å²) in [5.41, 5.74) is -4.24. The van der Waals surface area contributed by atoms with Gasteiger partial charge in [0.25, 0.3) is 0 Å². The van der Waals surface area contributed by atoms with Gasteiger partial charge in [0, 0.05) is 0 Å². The Morgan fingerprint density at radius 1 is 1.36 bits per heavy atom. The van der Waals surface area contributed by atoms with E-state index in [-0.39, 0.29) is 0 Å². The van der Waals surface area contributed by atoms with Crippen molar-refractivity contribution in [1.29, 1.82) is 0 Å². The zero-order chi connectivity index (χ0) is 10.9. The number of aromatic hydroxyl groups is 1. The fourth-order valence-corrected chi connectivity index (χ4v) is 1.60. The second-order valence-corrected chi connectivity index (χ2v) is 4.13. The fourth-order valence-electron chi connectivity index (χ4n) is 0.909. The number of benzene rings is 1. The van der Waals surface area contributed by atoms with Gasteiger partial charge in [0.1, 0.15) is 5.75 Å². The van der Waals surface area contributed by atoms with Crippen LogP contribution in [0.1, 0.15) is 5.56 Å². The molecule has 1 N–H and O–H groups in total. The molecule has 0 amide bonds. The van der Waals surface area contributed by atoms with E-state index >= 15 is 0 Å². The number of rotatable bonds is 1. The molecule has 0 saturated carbocycles. The summed E-state index contributed by atoms with van der Waals surface area (Å²) in [6, 6.07) is 3.51. The molecule has 2 nitrogen and oxygen atoms in total. The van der Waals surface area contributed by atoms with Gasteiger partial charge in [-0.05, 0) is 24.6 Å². The maximum Gasteiger partial charge on any atom is 0.475 e. The van der Waals surface area contributed by atoms with Gasteiger partial charge in [0.2, 0.25) is 0 Å². The van der Waals surface area contributed by atoms with Gasteiger partial charge in [-0.25, -0.2) is 4.21 Å². The van der Waals surface area contributed by atoms with Crippen LogP contribution in [0.2, 0.25) is 0 Å². The van der Waals surface area contributed by atoms with Gasteiger partial charge in [0.05, 0.1) is 4.90 Å². The topological polar surface area (TPSA) is 37.3 Å². The lowest BCUT2D eigenvalue weighted by molar-refractivity contribution is -0.0385. The van der Waals surface area contributed by atoms with Crippen LogP contribution in [0, 0.1) is 6.92 Å². The van der Waals surface area contributed by atoms with Crippen LogP contribution in [-0.2, 0) is 10.8 Å². The van der Waals surface area contributed by atoms with E-state index in [1.165, 1.54) is 6.07 Å². The number of hydrogen-bond acceptors (Lipinski definition) is 2. The molecule has 1 aromatic carbocycles. The highest BCUT2D eigenvalue weighted by Crippen LogP contribution is 2.31. The summed E-state index contributed by atoms with van der Waals surface area (Å²) < 4.78 is 46.8. The Hall–Kier alpha value is -1.04. The van der Waals surface area contributed by atoms with Crippen molar-refractivity contribution in [3.05, 3.63) is 23.8 Å². The highest BCUT2D eigenvalue weighted by atomic mass is 32.2. The van der Waals surface area contributed by atoms with Crippen LogP contribution in [0.4, 0.5) is 13.2 Å². The SMILES string of the molecule is Cc1ccc(S(=O)C(F)(F)F)c(O)c1. The lowest BCUT2D eigenvalue weighted by Gasteiger charge is -2.07. The van der Waals surface area contributed by atoms with E-state index in [1.807, 2.05) is 0 Å². The smallest absolute Gasteiger partial charge is 0.475 e. The van der Waals surface area contributed by atoms with Crippen molar-refractivity contribution in [2.45, 2.75) is 17.3 Å². The lowest BCUT2D eigenvalue weighted by Crippen LogP contribution is -2.16. The number of phenolic OH excluding ortho intramolecular Hbond substituents is 1. The van der Waals surface area contributed by atoms with E-state index in [2.05, 4.69) is 0 Å². The van der Waals surface area contributed by atoms with Crippen molar-refractivity contribution in [1.82, 2.24) is 0 Å². The van der Waals surface area contributed by atoms with Gasteiger partial charge < -0.3 is 5.11 Å². The highest BCUT2D eigenvalue weighted by molar-refractivity contribution is 7.86. The van der Waals surface area contributed by atoms with Crippen LogP contribution < -0.4 is 0 Å². The van der Waals surface area contributed by atoms with Crippen molar-refractivity contribution in [3.63, 3.8) is 0 Å². The number of alkyl halides is 3. The number of halogens is 3. The third-order valence-electron chi connectivity index (χ3n) is 1.52. The second kappa shape index (κ2) is 3.61. The van der Waals surface area contributed by atoms with Crippen LogP contribution in [0.5, 0.6) is 5.75 Å². The van der Waals surface area contributed by atoms with E-state index in [9.17, 15) is 17.4 Å². The lowest BCUT2D eigenvalue weighted by atomic mass is 10.2. The molecule has 0 spiro atoms. The third-order valence-corrected chi connectivity index (χ3v) is 2.69. The molecule has 0 aliphatic carbocycles. The quantitative estimate of drug-likeness (QED) is 0.794. The molecule has 0 heterocycles. The van der Waals surface area contributed by atoms with Crippen molar-refractivity contribution < 1.29 is 22.5 Å². The first kappa shape index (κ1) is 11.0. The fraction of sp³-hybridized carbons (Fsp3) is 0.250. The average Bonchev–Trinajstić information content (AvgIpc) is 2.01.